The van der Waals surface area contributed by atoms with E-state index in [0.717, 1.165) is 45.2 Å². The first kappa shape index (κ1) is 16.3. The molecule has 2 aliphatic rings. The van der Waals surface area contributed by atoms with Gasteiger partial charge in [-0.2, -0.15) is 0 Å². The van der Waals surface area contributed by atoms with Gasteiger partial charge in [-0.15, -0.1) is 0 Å². The zero-order valence-corrected chi connectivity index (χ0v) is 13.3. The van der Waals surface area contributed by atoms with Crippen LogP contribution in [0.5, 0.6) is 0 Å². The smallest absolute Gasteiger partial charge is 0.310 e. The van der Waals surface area contributed by atoms with E-state index in [-0.39, 0.29) is 23.8 Å². The molecule has 0 aromatic heterocycles. The van der Waals surface area contributed by atoms with Gasteiger partial charge in [0, 0.05) is 25.0 Å². The van der Waals surface area contributed by atoms with Gasteiger partial charge in [0.15, 0.2) is 0 Å². The van der Waals surface area contributed by atoms with Gasteiger partial charge in [0.2, 0.25) is 5.91 Å². The Bertz CT molecular complexity index is 373. The van der Waals surface area contributed by atoms with Crippen LogP contribution < -0.4 is 5.32 Å². The van der Waals surface area contributed by atoms with Gasteiger partial charge >= 0.3 is 5.97 Å². The van der Waals surface area contributed by atoms with Crippen molar-refractivity contribution >= 4 is 11.9 Å². The average molecular weight is 296 g/mol. The number of likely N-dealkylation sites (tertiary alicyclic amines) is 1. The molecule has 0 spiro atoms. The van der Waals surface area contributed by atoms with Crippen LogP contribution in [-0.4, -0.2) is 48.6 Å². The summed E-state index contributed by atoms with van der Waals surface area (Å²) >= 11 is 0. The number of nitrogens with one attached hydrogen (secondary N) is 1. The molecule has 1 saturated carbocycles. The lowest BCUT2D eigenvalue weighted by Crippen LogP contribution is -2.52. The molecule has 2 fully saturated rings. The first-order valence-electron chi connectivity index (χ1n) is 8.35. The standard InChI is InChI=1S/C16H28N2O3/c1-3-15(19)17-12-7-6-10-18(11-12)14-9-5-8-13(14)16(20)21-4-2/h12-14H,3-11H2,1-2H3,(H,17,19)/t12-,13-,14-/m1/s1. The van der Waals surface area contributed by atoms with E-state index in [0.29, 0.717) is 19.1 Å². The summed E-state index contributed by atoms with van der Waals surface area (Å²) in [6.45, 7) is 6.09. The Hall–Kier alpha value is -1.10. The summed E-state index contributed by atoms with van der Waals surface area (Å²) in [5.74, 6) is 0.0977. The molecule has 0 aromatic rings. The predicted molar refractivity (Wildman–Crippen MR) is 80.8 cm³/mol. The molecular formula is C16H28N2O3. The Morgan fingerprint density at radius 1 is 1.19 bits per heavy atom. The maximum atomic E-state index is 12.1. The van der Waals surface area contributed by atoms with Crippen LogP contribution >= 0.6 is 0 Å². The quantitative estimate of drug-likeness (QED) is 0.785. The summed E-state index contributed by atoms with van der Waals surface area (Å²) in [7, 11) is 0. The van der Waals surface area contributed by atoms with Gasteiger partial charge < -0.3 is 10.1 Å². The van der Waals surface area contributed by atoms with E-state index in [1.54, 1.807) is 0 Å². The first-order valence-corrected chi connectivity index (χ1v) is 8.35. The monoisotopic (exact) mass is 296 g/mol. The first-order chi connectivity index (χ1) is 10.2. The van der Waals surface area contributed by atoms with Gasteiger partial charge in [-0.05, 0) is 39.2 Å². The van der Waals surface area contributed by atoms with Gasteiger partial charge in [-0.1, -0.05) is 13.3 Å². The molecule has 1 N–H and O–H groups in total. The third-order valence-corrected chi connectivity index (χ3v) is 4.68. The summed E-state index contributed by atoms with van der Waals surface area (Å²) in [6.07, 6.45) is 5.76. The number of rotatable bonds is 5. The fraction of sp³-hybridized carbons (Fsp3) is 0.875. The van der Waals surface area contributed by atoms with Gasteiger partial charge in [0.05, 0.1) is 12.5 Å². The van der Waals surface area contributed by atoms with E-state index in [9.17, 15) is 9.59 Å². The van der Waals surface area contributed by atoms with Crippen molar-refractivity contribution in [3.05, 3.63) is 0 Å². The van der Waals surface area contributed by atoms with Crippen molar-refractivity contribution in [3.8, 4) is 0 Å². The number of carbonyl (C=O) groups excluding carboxylic acids is 2. The van der Waals surface area contributed by atoms with Crippen molar-refractivity contribution in [2.45, 2.75) is 64.5 Å². The molecule has 1 aliphatic heterocycles. The van der Waals surface area contributed by atoms with Gasteiger partial charge in [0.1, 0.15) is 0 Å². The molecule has 1 aliphatic carbocycles. The van der Waals surface area contributed by atoms with Crippen LogP contribution in [0.4, 0.5) is 0 Å². The Balaban J connectivity index is 1.93. The number of nitrogens with zero attached hydrogens (tertiary/aromatic N) is 1. The van der Waals surface area contributed by atoms with E-state index in [2.05, 4.69) is 10.2 Å². The predicted octanol–water partition coefficient (Wildman–Crippen LogP) is 1.71. The maximum absolute atomic E-state index is 12.1. The fourth-order valence-corrected chi connectivity index (χ4v) is 3.66. The maximum Gasteiger partial charge on any atom is 0.310 e. The van der Waals surface area contributed by atoms with Crippen LogP contribution in [-0.2, 0) is 14.3 Å². The zero-order valence-electron chi connectivity index (χ0n) is 13.3. The number of hydrogen-bond acceptors (Lipinski definition) is 4. The van der Waals surface area contributed by atoms with Crippen molar-refractivity contribution in [3.63, 3.8) is 0 Å². The zero-order chi connectivity index (χ0) is 15.2. The summed E-state index contributed by atoms with van der Waals surface area (Å²) < 4.78 is 5.22. The Morgan fingerprint density at radius 2 is 2.00 bits per heavy atom. The third kappa shape index (κ3) is 4.19. The third-order valence-electron chi connectivity index (χ3n) is 4.68. The highest BCUT2D eigenvalue weighted by molar-refractivity contribution is 5.76. The molecule has 0 radical (unpaired) electrons. The van der Waals surface area contributed by atoms with E-state index < -0.39 is 0 Å². The Kier molecular flexibility index (Phi) is 6.03. The molecule has 2 rings (SSSR count). The lowest BCUT2D eigenvalue weighted by molar-refractivity contribution is -0.150. The molecule has 5 nitrogen and oxygen atoms in total. The van der Waals surface area contributed by atoms with Crippen LogP contribution in [0.15, 0.2) is 0 Å². The average Bonchev–Trinajstić information content (AvgIpc) is 2.97. The highest BCUT2D eigenvalue weighted by Gasteiger charge is 2.39. The Morgan fingerprint density at radius 3 is 2.71 bits per heavy atom. The second-order valence-corrected chi connectivity index (χ2v) is 6.11. The topological polar surface area (TPSA) is 58.6 Å². The van der Waals surface area contributed by atoms with Crippen LogP contribution in [0, 0.1) is 5.92 Å². The van der Waals surface area contributed by atoms with Crippen molar-refractivity contribution in [2.24, 2.45) is 5.92 Å². The number of ether oxygens (including phenoxy) is 1. The lowest BCUT2D eigenvalue weighted by Gasteiger charge is -2.38. The number of carbonyl (C=O) groups is 2. The number of piperidine rings is 1. The highest BCUT2D eigenvalue weighted by atomic mass is 16.5. The minimum absolute atomic E-state index is 0.0191. The molecule has 120 valence electrons. The molecule has 0 unspecified atom stereocenters. The molecule has 1 saturated heterocycles. The molecule has 0 aromatic carbocycles. The van der Waals surface area contributed by atoms with Crippen molar-refractivity contribution < 1.29 is 14.3 Å². The largest absolute Gasteiger partial charge is 0.466 e. The van der Waals surface area contributed by atoms with Crippen LogP contribution in [0.2, 0.25) is 0 Å². The fourth-order valence-electron chi connectivity index (χ4n) is 3.66. The van der Waals surface area contributed by atoms with E-state index in [4.69, 9.17) is 4.74 Å². The molecular weight excluding hydrogens is 268 g/mol. The normalized spacial score (nSPS) is 30.1. The van der Waals surface area contributed by atoms with Crippen molar-refractivity contribution in [1.29, 1.82) is 0 Å². The minimum atomic E-state index is -0.0419. The minimum Gasteiger partial charge on any atom is -0.466 e. The number of esters is 1. The second-order valence-electron chi connectivity index (χ2n) is 6.11. The van der Waals surface area contributed by atoms with Crippen LogP contribution in [0.25, 0.3) is 0 Å². The SMILES string of the molecule is CCOC(=O)[C@@H]1CCC[C@H]1N1CCC[C@@H](NC(=O)CC)C1. The molecule has 21 heavy (non-hydrogen) atoms. The highest BCUT2D eigenvalue weighted by Crippen LogP contribution is 2.32. The van der Waals surface area contributed by atoms with Crippen molar-refractivity contribution in [2.75, 3.05) is 19.7 Å². The van der Waals surface area contributed by atoms with E-state index in [1.807, 2.05) is 13.8 Å². The van der Waals surface area contributed by atoms with Crippen LogP contribution in [0.3, 0.4) is 0 Å². The molecule has 0 bridgehead atoms. The summed E-state index contributed by atoms with van der Waals surface area (Å²) in [6, 6.07) is 0.528. The number of amides is 1. The molecule has 3 atom stereocenters. The second kappa shape index (κ2) is 7.78. The van der Waals surface area contributed by atoms with Gasteiger partial charge in [-0.25, -0.2) is 0 Å². The van der Waals surface area contributed by atoms with E-state index in [1.165, 1.54) is 0 Å². The molecule has 5 heteroatoms. The summed E-state index contributed by atoms with van der Waals surface area (Å²) in [5.41, 5.74) is 0. The summed E-state index contributed by atoms with van der Waals surface area (Å²) in [5, 5.41) is 3.09. The lowest BCUT2D eigenvalue weighted by atomic mass is 9.97. The summed E-state index contributed by atoms with van der Waals surface area (Å²) in [4.78, 5) is 26.0. The van der Waals surface area contributed by atoms with Crippen molar-refractivity contribution in [1.82, 2.24) is 10.2 Å². The van der Waals surface area contributed by atoms with Gasteiger partial charge in [-0.3, -0.25) is 14.5 Å². The number of hydrogen-bond donors (Lipinski definition) is 1. The molecule has 1 amide bonds. The van der Waals surface area contributed by atoms with Crippen LogP contribution in [0.1, 0.15) is 52.4 Å². The van der Waals surface area contributed by atoms with E-state index >= 15 is 0 Å². The molecule has 1 heterocycles. The Labute approximate surface area is 127 Å². The van der Waals surface area contributed by atoms with Gasteiger partial charge in [0.25, 0.3) is 0 Å².